The van der Waals surface area contributed by atoms with Crippen LogP contribution in [0.4, 0.5) is 0 Å². The van der Waals surface area contributed by atoms with Crippen LogP contribution in [0.5, 0.6) is 0 Å². The molecular weight excluding hydrogens is 208 g/mol. The van der Waals surface area contributed by atoms with Gasteiger partial charge < -0.3 is 0 Å². The number of hydrogen-bond donors (Lipinski definition) is 2. The van der Waals surface area contributed by atoms with Crippen LogP contribution >= 0.6 is 11.6 Å². The summed E-state index contributed by atoms with van der Waals surface area (Å²) in [7, 11) is 0. The van der Waals surface area contributed by atoms with Gasteiger partial charge in [0.1, 0.15) is 0 Å². The maximum Gasteiger partial charge on any atom is 0.0465 e. The molecule has 15 heavy (non-hydrogen) atoms. The molecule has 0 spiro atoms. The predicted octanol–water partition coefficient (Wildman–Crippen LogP) is 3.20. The third kappa shape index (κ3) is 3.20. The van der Waals surface area contributed by atoms with E-state index >= 15 is 0 Å². The van der Waals surface area contributed by atoms with Crippen molar-refractivity contribution >= 4 is 11.6 Å². The van der Waals surface area contributed by atoms with E-state index in [0.717, 1.165) is 17.0 Å². The van der Waals surface area contributed by atoms with Crippen molar-refractivity contribution in [1.29, 1.82) is 0 Å². The minimum atomic E-state index is 0.184. The quantitative estimate of drug-likeness (QED) is 0.611. The van der Waals surface area contributed by atoms with Gasteiger partial charge in [0.05, 0.1) is 0 Å². The highest BCUT2D eigenvalue weighted by atomic mass is 35.5. The Hall–Kier alpha value is -0.570. The van der Waals surface area contributed by atoms with Gasteiger partial charge in [-0.05, 0) is 36.5 Å². The van der Waals surface area contributed by atoms with Gasteiger partial charge in [0.2, 0.25) is 0 Å². The number of nitrogens with one attached hydrogen (secondary N) is 1. The first kappa shape index (κ1) is 12.5. The number of nitrogens with two attached hydrogens (primary N) is 1. The van der Waals surface area contributed by atoms with Gasteiger partial charge in [-0.2, -0.15) is 0 Å². The Morgan fingerprint density at radius 1 is 1.40 bits per heavy atom. The Labute approximate surface area is 96.8 Å². The van der Waals surface area contributed by atoms with Gasteiger partial charge in [-0.15, -0.1) is 0 Å². The van der Waals surface area contributed by atoms with Gasteiger partial charge in [-0.25, -0.2) is 0 Å². The second-order valence-electron chi connectivity index (χ2n) is 4.30. The molecule has 84 valence electrons. The monoisotopic (exact) mass is 226 g/mol. The lowest BCUT2D eigenvalue weighted by Crippen LogP contribution is -2.29. The molecule has 3 N–H and O–H groups in total. The molecule has 1 atom stereocenters. The lowest BCUT2D eigenvalue weighted by atomic mass is 9.94. The second kappa shape index (κ2) is 5.50. The Kier molecular flexibility index (Phi) is 4.58. The first-order chi connectivity index (χ1) is 7.06. The highest BCUT2D eigenvalue weighted by Gasteiger charge is 2.14. The van der Waals surface area contributed by atoms with Crippen LogP contribution in [0.3, 0.4) is 0 Å². The van der Waals surface area contributed by atoms with E-state index in [1.807, 2.05) is 19.1 Å². The van der Waals surface area contributed by atoms with Gasteiger partial charge in [-0.1, -0.05) is 37.6 Å². The maximum absolute atomic E-state index is 6.08. The normalized spacial score (nSPS) is 13.2. The highest BCUT2D eigenvalue weighted by molar-refractivity contribution is 6.31. The molecule has 1 aromatic carbocycles. The van der Waals surface area contributed by atoms with Crippen molar-refractivity contribution in [1.82, 2.24) is 5.43 Å². The molecule has 0 heterocycles. The van der Waals surface area contributed by atoms with Gasteiger partial charge >= 0.3 is 0 Å². The molecule has 0 saturated heterocycles. The first-order valence-corrected chi connectivity index (χ1v) is 5.65. The molecule has 0 aliphatic rings. The zero-order valence-electron chi connectivity index (χ0n) is 9.55. The number of hydrazine groups is 1. The van der Waals surface area contributed by atoms with Crippen LogP contribution in [-0.4, -0.2) is 0 Å². The van der Waals surface area contributed by atoms with Gasteiger partial charge in [0, 0.05) is 11.1 Å². The Balaban J connectivity index is 2.96. The highest BCUT2D eigenvalue weighted by Crippen LogP contribution is 2.27. The fraction of sp³-hybridized carbons (Fsp3) is 0.500. The lowest BCUT2D eigenvalue weighted by molar-refractivity contribution is 0.437. The van der Waals surface area contributed by atoms with Crippen molar-refractivity contribution in [2.75, 3.05) is 0 Å². The molecule has 3 heteroatoms. The molecule has 0 saturated carbocycles. The van der Waals surface area contributed by atoms with E-state index in [2.05, 4.69) is 25.3 Å². The standard InChI is InChI=1S/C12H19ClN2/c1-8(2)7-12(15-14)10-5-4-6-11(13)9(10)3/h4-6,8,12,15H,7,14H2,1-3H3. The molecule has 1 aromatic rings. The minimum absolute atomic E-state index is 0.184. The summed E-state index contributed by atoms with van der Waals surface area (Å²) in [6, 6.07) is 6.14. The molecule has 0 radical (unpaired) electrons. The summed E-state index contributed by atoms with van der Waals surface area (Å²) in [6.45, 7) is 6.40. The SMILES string of the molecule is Cc1c(Cl)cccc1C(CC(C)C)NN. The molecule has 0 fully saturated rings. The molecule has 2 nitrogen and oxygen atoms in total. The molecule has 0 aliphatic carbocycles. The summed E-state index contributed by atoms with van der Waals surface area (Å²) in [6.07, 6.45) is 1.01. The van der Waals surface area contributed by atoms with Crippen LogP contribution in [0.25, 0.3) is 0 Å². The topological polar surface area (TPSA) is 38.0 Å². The number of benzene rings is 1. The average Bonchev–Trinajstić information content (AvgIpc) is 2.19. The molecular formula is C12H19ClN2. The summed E-state index contributed by atoms with van der Waals surface area (Å²) in [4.78, 5) is 0. The largest absolute Gasteiger partial charge is 0.271 e. The third-order valence-electron chi connectivity index (χ3n) is 2.59. The Morgan fingerprint density at radius 2 is 2.07 bits per heavy atom. The number of halogens is 1. The van der Waals surface area contributed by atoms with E-state index in [-0.39, 0.29) is 6.04 Å². The third-order valence-corrected chi connectivity index (χ3v) is 3.00. The van der Waals surface area contributed by atoms with Crippen molar-refractivity contribution in [3.05, 3.63) is 34.3 Å². The first-order valence-electron chi connectivity index (χ1n) is 5.27. The summed E-state index contributed by atoms with van der Waals surface area (Å²) >= 11 is 6.08. The lowest BCUT2D eigenvalue weighted by Gasteiger charge is -2.20. The van der Waals surface area contributed by atoms with Crippen molar-refractivity contribution in [3.63, 3.8) is 0 Å². The summed E-state index contributed by atoms with van der Waals surface area (Å²) in [5, 5.41) is 0.802. The van der Waals surface area contributed by atoms with E-state index in [0.29, 0.717) is 5.92 Å². The summed E-state index contributed by atoms with van der Waals surface area (Å²) in [5.41, 5.74) is 5.17. The van der Waals surface area contributed by atoms with Crippen molar-refractivity contribution in [2.24, 2.45) is 11.8 Å². The van der Waals surface area contributed by atoms with Gasteiger partial charge in [0.15, 0.2) is 0 Å². The van der Waals surface area contributed by atoms with Crippen molar-refractivity contribution < 1.29 is 0 Å². The molecule has 0 aromatic heterocycles. The molecule has 0 bridgehead atoms. The molecule has 0 aliphatic heterocycles. The smallest absolute Gasteiger partial charge is 0.0465 e. The Morgan fingerprint density at radius 3 is 2.60 bits per heavy atom. The number of hydrogen-bond acceptors (Lipinski definition) is 2. The molecule has 1 rings (SSSR count). The fourth-order valence-corrected chi connectivity index (χ4v) is 1.94. The van der Waals surface area contributed by atoms with Crippen LogP contribution in [0.15, 0.2) is 18.2 Å². The average molecular weight is 227 g/mol. The van der Waals surface area contributed by atoms with Crippen molar-refractivity contribution in [2.45, 2.75) is 33.2 Å². The van der Waals surface area contributed by atoms with Gasteiger partial charge in [0.25, 0.3) is 0 Å². The molecule has 1 unspecified atom stereocenters. The van der Waals surface area contributed by atoms with Gasteiger partial charge in [-0.3, -0.25) is 11.3 Å². The van der Waals surface area contributed by atoms with Crippen LogP contribution < -0.4 is 11.3 Å². The van der Waals surface area contributed by atoms with Crippen LogP contribution in [0, 0.1) is 12.8 Å². The second-order valence-corrected chi connectivity index (χ2v) is 4.71. The van der Waals surface area contributed by atoms with E-state index < -0.39 is 0 Å². The number of rotatable bonds is 4. The minimum Gasteiger partial charge on any atom is -0.271 e. The van der Waals surface area contributed by atoms with Crippen molar-refractivity contribution in [3.8, 4) is 0 Å². The van der Waals surface area contributed by atoms with Crippen LogP contribution in [0.1, 0.15) is 37.4 Å². The van der Waals surface area contributed by atoms with Crippen LogP contribution in [0.2, 0.25) is 5.02 Å². The predicted molar refractivity (Wildman–Crippen MR) is 65.7 cm³/mol. The zero-order valence-corrected chi connectivity index (χ0v) is 10.3. The van der Waals surface area contributed by atoms with E-state index in [1.165, 1.54) is 5.56 Å². The zero-order chi connectivity index (χ0) is 11.4. The van der Waals surface area contributed by atoms with Crippen LogP contribution in [-0.2, 0) is 0 Å². The molecule has 0 amide bonds. The summed E-state index contributed by atoms with van der Waals surface area (Å²) in [5.74, 6) is 6.18. The summed E-state index contributed by atoms with van der Waals surface area (Å²) < 4.78 is 0. The fourth-order valence-electron chi connectivity index (χ4n) is 1.76. The Bertz CT molecular complexity index is 323. The van der Waals surface area contributed by atoms with E-state index in [4.69, 9.17) is 17.4 Å². The maximum atomic E-state index is 6.08. The van der Waals surface area contributed by atoms with E-state index in [1.54, 1.807) is 0 Å². The van der Waals surface area contributed by atoms with E-state index in [9.17, 15) is 0 Å².